The van der Waals surface area contributed by atoms with Gasteiger partial charge in [0.2, 0.25) is 0 Å². The van der Waals surface area contributed by atoms with Gasteiger partial charge in [0.1, 0.15) is 6.04 Å². The first kappa shape index (κ1) is 17.8. The molecule has 5 nitrogen and oxygen atoms in total. The minimum atomic E-state index is -0.884. The second kappa shape index (κ2) is 9.64. The summed E-state index contributed by atoms with van der Waals surface area (Å²) in [5.74, 6) is -0.394. The van der Waals surface area contributed by atoms with Crippen molar-refractivity contribution in [1.82, 2.24) is 10.2 Å². The highest BCUT2D eigenvalue weighted by Crippen LogP contribution is 2.17. The van der Waals surface area contributed by atoms with Crippen LogP contribution in [0.2, 0.25) is 0 Å². The Morgan fingerprint density at radius 1 is 1.29 bits per heavy atom. The van der Waals surface area contributed by atoms with Crippen LogP contribution in [0, 0.1) is 5.92 Å². The number of hydrogen-bond acceptors (Lipinski definition) is 2. The number of urea groups is 1. The highest BCUT2D eigenvalue weighted by molar-refractivity contribution is 5.82. The average molecular weight is 298 g/mol. The fourth-order valence-electron chi connectivity index (χ4n) is 2.88. The van der Waals surface area contributed by atoms with Crippen LogP contribution in [0.15, 0.2) is 0 Å². The van der Waals surface area contributed by atoms with Gasteiger partial charge < -0.3 is 15.3 Å². The molecular formula is C16H30N2O3. The summed E-state index contributed by atoms with van der Waals surface area (Å²) in [6, 6.07) is -0.873. The van der Waals surface area contributed by atoms with E-state index in [2.05, 4.69) is 19.2 Å². The second-order valence-electron chi connectivity index (χ2n) is 6.00. The van der Waals surface area contributed by atoms with Crippen molar-refractivity contribution in [1.29, 1.82) is 0 Å². The first-order valence-corrected chi connectivity index (χ1v) is 8.37. The van der Waals surface area contributed by atoms with Crippen LogP contribution in [-0.2, 0) is 4.79 Å². The maximum absolute atomic E-state index is 12.3. The number of likely N-dealkylation sites (tertiary alicyclic amines) is 1. The molecule has 1 fully saturated rings. The number of carbonyl (C=O) groups excluding carboxylic acids is 1. The Labute approximate surface area is 128 Å². The Morgan fingerprint density at radius 2 is 2.05 bits per heavy atom. The van der Waals surface area contributed by atoms with Crippen molar-refractivity contribution in [2.24, 2.45) is 5.92 Å². The van der Waals surface area contributed by atoms with Gasteiger partial charge in [-0.25, -0.2) is 9.59 Å². The Kier molecular flexibility index (Phi) is 8.16. The molecule has 122 valence electrons. The molecule has 1 rings (SSSR count). The molecule has 0 aromatic carbocycles. The monoisotopic (exact) mass is 298 g/mol. The lowest BCUT2D eigenvalue weighted by molar-refractivity contribution is -0.142. The molecule has 2 unspecified atom stereocenters. The smallest absolute Gasteiger partial charge is 0.326 e. The number of amides is 2. The van der Waals surface area contributed by atoms with E-state index in [9.17, 15) is 14.7 Å². The zero-order valence-corrected chi connectivity index (χ0v) is 13.4. The van der Waals surface area contributed by atoms with Gasteiger partial charge in [0.05, 0.1) is 0 Å². The lowest BCUT2D eigenvalue weighted by atomic mass is 9.99. The van der Waals surface area contributed by atoms with Gasteiger partial charge in [0.25, 0.3) is 0 Å². The molecular weight excluding hydrogens is 268 g/mol. The largest absolute Gasteiger partial charge is 0.480 e. The van der Waals surface area contributed by atoms with E-state index in [0.717, 1.165) is 38.5 Å². The number of hydrogen-bond donors (Lipinski definition) is 2. The van der Waals surface area contributed by atoms with Crippen molar-refractivity contribution in [2.75, 3.05) is 13.1 Å². The second-order valence-corrected chi connectivity index (χ2v) is 6.00. The summed E-state index contributed by atoms with van der Waals surface area (Å²) in [6.07, 6.45) is 7.85. The molecule has 1 saturated heterocycles. The van der Waals surface area contributed by atoms with Crippen LogP contribution < -0.4 is 5.32 Å². The molecule has 0 aromatic heterocycles. The third-order valence-electron chi connectivity index (χ3n) is 4.38. The normalized spacial score (nSPS) is 20.7. The molecule has 1 aliphatic rings. The molecule has 2 amide bonds. The third kappa shape index (κ3) is 5.94. The van der Waals surface area contributed by atoms with E-state index in [1.807, 2.05) is 0 Å². The number of unbranched alkanes of at least 4 members (excludes halogenated alkanes) is 1. The van der Waals surface area contributed by atoms with Crippen molar-refractivity contribution < 1.29 is 14.7 Å². The SMILES string of the molecule is CCCCC(CC)CNC(=O)N1CCCCCC1C(=O)O. The minimum absolute atomic E-state index is 0.209. The van der Waals surface area contributed by atoms with Crippen LogP contribution in [0.5, 0.6) is 0 Å². The Hall–Kier alpha value is -1.26. The summed E-state index contributed by atoms with van der Waals surface area (Å²) in [5.41, 5.74) is 0. The van der Waals surface area contributed by atoms with E-state index in [1.54, 1.807) is 0 Å². The Morgan fingerprint density at radius 3 is 2.67 bits per heavy atom. The molecule has 2 atom stereocenters. The van der Waals surface area contributed by atoms with Gasteiger partial charge in [-0.2, -0.15) is 0 Å². The summed E-state index contributed by atoms with van der Waals surface area (Å²) < 4.78 is 0. The van der Waals surface area contributed by atoms with Crippen molar-refractivity contribution in [2.45, 2.75) is 71.3 Å². The van der Waals surface area contributed by atoms with E-state index < -0.39 is 12.0 Å². The lowest BCUT2D eigenvalue weighted by Crippen LogP contribution is -2.50. The number of carbonyl (C=O) groups is 2. The first-order valence-electron chi connectivity index (χ1n) is 8.37. The number of aliphatic carboxylic acids is 1. The van der Waals surface area contributed by atoms with Gasteiger partial charge in [-0.05, 0) is 25.2 Å². The molecule has 1 heterocycles. The van der Waals surface area contributed by atoms with Crippen LogP contribution in [0.3, 0.4) is 0 Å². The molecule has 21 heavy (non-hydrogen) atoms. The predicted molar refractivity (Wildman–Crippen MR) is 83.3 cm³/mol. The molecule has 0 radical (unpaired) electrons. The highest BCUT2D eigenvalue weighted by Gasteiger charge is 2.30. The van der Waals surface area contributed by atoms with E-state index in [1.165, 1.54) is 11.3 Å². The summed E-state index contributed by atoms with van der Waals surface area (Å²) in [4.78, 5) is 25.2. The maximum atomic E-state index is 12.3. The van der Waals surface area contributed by atoms with Gasteiger partial charge in [-0.1, -0.05) is 46.0 Å². The summed E-state index contributed by atoms with van der Waals surface area (Å²) in [5, 5.41) is 12.2. The topological polar surface area (TPSA) is 69.6 Å². The van der Waals surface area contributed by atoms with E-state index >= 15 is 0 Å². The lowest BCUT2D eigenvalue weighted by Gasteiger charge is -2.28. The van der Waals surface area contributed by atoms with Gasteiger partial charge in [-0.3, -0.25) is 0 Å². The van der Waals surface area contributed by atoms with Crippen molar-refractivity contribution in [3.63, 3.8) is 0 Å². The van der Waals surface area contributed by atoms with Crippen LogP contribution in [0.1, 0.15) is 65.2 Å². The molecule has 0 aliphatic carbocycles. The van der Waals surface area contributed by atoms with Crippen LogP contribution in [0.4, 0.5) is 4.79 Å². The van der Waals surface area contributed by atoms with Crippen molar-refractivity contribution >= 4 is 12.0 Å². The Bertz CT molecular complexity index is 333. The minimum Gasteiger partial charge on any atom is -0.480 e. The van der Waals surface area contributed by atoms with E-state index in [4.69, 9.17) is 0 Å². The number of rotatable bonds is 7. The van der Waals surface area contributed by atoms with Crippen molar-refractivity contribution in [3.05, 3.63) is 0 Å². The van der Waals surface area contributed by atoms with Crippen LogP contribution in [0.25, 0.3) is 0 Å². The third-order valence-corrected chi connectivity index (χ3v) is 4.38. The fourth-order valence-corrected chi connectivity index (χ4v) is 2.88. The summed E-state index contributed by atoms with van der Waals surface area (Å²) in [6.45, 7) is 5.51. The van der Waals surface area contributed by atoms with E-state index in [-0.39, 0.29) is 6.03 Å². The predicted octanol–water partition coefficient (Wildman–Crippen LogP) is 3.24. The average Bonchev–Trinajstić information content (AvgIpc) is 2.73. The number of nitrogens with one attached hydrogen (secondary N) is 1. The standard InChI is InChI=1S/C16H30N2O3/c1-3-5-9-13(4-2)12-17-16(21)18-11-8-6-7-10-14(18)15(19)20/h13-14H,3-12H2,1-2H3,(H,17,21)(H,19,20). The first-order chi connectivity index (χ1) is 10.1. The van der Waals surface area contributed by atoms with E-state index in [0.29, 0.717) is 25.4 Å². The maximum Gasteiger partial charge on any atom is 0.326 e. The summed E-state index contributed by atoms with van der Waals surface area (Å²) >= 11 is 0. The zero-order chi connectivity index (χ0) is 15.7. The molecule has 5 heteroatoms. The number of nitrogens with zero attached hydrogens (tertiary/aromatic N) is 1. The molecule has 2 N–H and O–H groups in total. The molecule has 0 aromatic rings. The quantitative estimate of drug-likeness (QED) is 0.758. The highest BCUT2D eigenvalue weighted by atomic mass is 16.4. The van der Waals surface area contributed by atoms with Gasteiger partial charge in [-0.15, -0.1) is 0 Å². The van der Waals surface area contributed by atoms with Crippen LogP contribution >= 0.6 is 0 Å². The Balaban J connectivity index is 2.52. The van der Waals surface area contributed by atoms with Crippen molar-refractivity contribution in [3.8, 4) is 0 Å². The molecule has 0 saturated carbocycles. The summed E-state index contributed by atoms with van der Waals surface area (Å²) in [7, 11) is 0. The fraction of sp³-hybridized carbons (Fsp3) is 0.875. The molecule has 0 spiro atoms. The van der Waals surface area contributed by atoms with Gasteiger partial charge >= 0.3 is 12.0 Å². The van der Waals surface area contributed by atoms with Gasteiger partial charge in [0, 0.05) is 13.1 Å². The number of carboxylic acids is 1. The number of carboxylic acid groups (broad SMARTS) is 1. The van der Waals surface area contributed by atoms with Crippen LogP contribution in [-0.4, -0.2) is 41.1 Å². The zero-order valence-electron chi connectivity index (χ0n) is 13.4. The molecule has 0 bridgehead atoms. The molecule has 1 aliphatic heterocycles. The van der Waals surface area contributed by atoms with Gasteiger partial charge in [0.15, 0.2) is 0 Å².